The first-order chi connectivity index (χ1) is 13.0. The van der Waals surface area contributed by atoms with Gasteiger partial charge in [0.1, 0.15) is 11.4 Å². The lowest BCUT2D eigenvalue weighted by Crippen LogP contribution is -2.38. The molecule has 0 spiro atoms. The Morgan fingerprint density at radius 3 is 2.39 bits per heavy atom. The Bertz CT molecular complexity index is 639. The van der Waals surface area contributed by atoms with E-state index in [-0.39, 0.29) is 12.4 Å². The van der Waals surface area contributed by atoms with Crippen LogP contribution < -0.4 is 10.1 Å². The van der Waals surface area contributed by atoms with E-state index in [1.54, 1.807) is 12.1 Å². The minimum atomic E-state index is -3.25. The summed E-state index contributed by atoms with van der Waals surface area (Å²) in [5.41, 5.74) is 0.507. The molecule has 1 aromatic rings. The number of rotatable bonds is 11. The predicted octanol–water partition coefficient (Wildman–Crippen LogP) is 5.33. The van der Waals surface area contributed by atoms with Crippen LogP contribution in [0.1, 0.15) is 65.9 Å². The molecule has 0 aliphatic carbocycles. The van der Waals surface area contributed by atoms with Crippen molar-refractivity contribution < 1.29 is 23.7 Å². The van der Waals surface area contributed by atoms with Gasteiger partial charge >= 0.3 is 6.09 Å². The summed E-state index contributed by atoms with van der Waals surface area (Å²) in [6.07, 6.45) is 4.28. The van der Waals surface area contributed by atoms with Crippen LogP contribution in [0.4, 0.5) is 4.79 Å². The maximum absolute atomic E-state index is 12.1. The van der Waals surface area contributed by atoms with Crippen LogP contribution in [0, 0.1) is 0 Å². The molecule has 7 heteroatoms. The standard InChI is InChI=1S/C21H36NO5P/c1-6-7-8-9-14-28(24,25)16-26-19-12-10-18(11-13-19)15-17(2)22-20(23)27-21(3,4)5/h10-13,17H,6-9,14-16H2,1-5H3,(H,22,23)(H,24,25)/t17-/m1/s1. The van der Waals surface area contributed by atoms with Crippen LogP contribution in [0.15, 0.2) is 24.3 Å². The molecule has 0 aliphatic rings. The van der Waals surface area contributed by atoms with Crippen molar-refractivity contribution in [3.63, 3.8) is 0 Å². The molecule has 2 N–H and O–H groups in total. The van der Waals surface area contributed by atoms with Crippen molar-refractivity contribution in [2.45, 2.75) is 78.4 Å². The molecule has 1 rings (SSSR count). The lowest BCUT2D eigenvalue weighted by Gasteiger charge is -2.22. The Balaban J connectivity index is 2.42. The zero-order valence-corrected chi connectivity index (χ0v) is 18.8. The van der Waals surface area contributed by atoms with Gasteiger partial charge in [-0.1, -0.05) is 38.3 Å². The van der Waals surface area contributed by atoms with Crippen LogP contribution in [-0.4, -0.2) is 35.1 Å². The van der Waals surface area contributed by atoms with Crippen molar-refractivity contribution in [2.24, 2.45) is 0 Å². The van der Waals surface area contributed by atoms with Gasteiger partial charge < -0.3 is 19.7 Å². The SMILES string of the molecule is CCCCCCP(=O)(O)COc1ccc(C[C@@H](C)NC(=O)OC(C)(C)C)cc1. The molecule has 0 aliphatic heterocycles. The van der Waals surface area contributed by atoms with Crippen LogP contribution in [0.2, 0.25) is 0 Å². The van der Waals surface area contributed by atoms with E-state index in [1.165, 1.54) is 0 Å². The summed E-state index contributed by atoms with van der Waals surface area (Å²) in [7, 11) is -3.25. The number of ether oxygens (including phenoxy) is 2. The normalized spacial score (nSPS) is 14.8. The molecular formula is C21H36NO5P. The summed E-state index contributed by atoms with van der Waals surface area (Å²) in [5, 5.41) is 2.81. The number of carbonyl (C=O) groups excluding carboxylic acids is 1. The molecule has 6 nitrogen and oxygen atoms in total. The van der Waals surface area contributed by atoms with Gasteiger partial charge in [0.05, 0.1) is 0 Å². The highest BCUT2D eigenvalue weighted by Gasteiger charge is 2.19. The van der Waals surface area contributed by atoms with Crippen molar-refractivity contribution in [3.05, 3.63) is 29.8 Å². The van der Waals surface area contributed by atoms with Crippen molar-refractivity contribution in [1.82, 2.24) is 5.32 Å². The Hall–Kier alpha value is -1.52. The molecule has 28 heavy (non-hydrogen) atoms. The smallest absolute Gasteiger partial charge is 0.407 e. The molecular weight excluding hydrogens is 377 g/mol. The topological polar surface area (TPSA) is 84.9 Å². The first kappa shape index (κ1) is 24.5. The van der Waals surface area contributed by atoms with Crippen LogP contribution in [-0.2, 0) is 15.7 Å². The van der Waals surface area contributed by atoms with E-state index in [2.05, 4.69) is 12.2 Å². The Morgan fingerprint density at radius 2 is 1.82 bits per heavy atom. The summed E-state index contributed by atoms with van der Waals surface area (Å²) in [5.74, 6) is 0.569. The molecule has 1 amide bonds. The van der Waals surface area contributed by atoms with Crippen molar-refractivity contribution >= 4 is 13.5 Å². The number of alkyl carbamates (subject to hydrolysis) is 1. The van der Waals surface area contributed by atoms with E-state index in [9.17, 15) is 14.3 Å². The number of benzene rings is 1. The quantitative estimate of drug-likeness (QED) is 0.378. The second-order valence-electron chi connectivity index (χ2n) is 8.30. The highest BCUT2D eigenvalue weighted by atomic mass is 31.2. The fourth-order valence-corrected chi connectivity index (χ4v) is 3.86. The molecule has 0 saturated carbocycles. The number of amides is 1. The summed E-state index contributed by atoms with van der Waals surface area (Å²) in [6, 6.07) is 7.28. The Morgan fingerprint density at radius 1 is 1.18 bits per heavy atom. The number of hydrogen-bond donors (Lipinski definition) is 2. The number of unbranched alkanes of at least 4 members (excludes halogenated alkanes) is 3. The second-order valence-corrected chi connectivity index (χ2v) is 10.7. The Labute approximate surface area is 169 Å². The van der Waals surface area contributed by atoms with Gasteiger partial charge in [-0.25, -0.2) is 4.79 Å². The van der Waals surface area contributed by atoms with E-state index < -0.39 is 19.1 Å². The first-order valence-corrected chi connectivity index (χ1v) is 12.1. The average Bonchev–Trinajstić information content (AvgIpc) is 2.56. The molecule has 0 bridgehead atoms. The molecule has 2 atom stereocenters. The molecule has 0 aromatic heterocycles. The van der Waals surface area contributed by atoms with E-state index in [1.807, 2.05) is 39.8 Å². The van der Waals surface area contributed by atoms with Gasteiger partial charge in [-0.3, -0.25) is 4.57 Å². The van der Waals surface area contributed by atoms with E-state index >= 15 is 0 Å². The summed E-state index contributed by atoms with van der Waals surface area (Å²) >= 11 is 0. The predicted molar refractivity (Wildman–Crippen MR) is 113 cm³/mol. The van der Waals surface area contributed by atoms with Gasteiger partial charge in [-0.2, -0.15) is 0 Å². The Kier molecular flexibility index (Phi) is 10.0. The van der Waals surface area contributed by atoms with Crippen molar-refractivity contribution in [3.8, 4) is 5.75 Å². The van der Waals surface area contributed by atoms with Crippen LogP contribution in [0.3, 0.4) is 0 Å². The van der Waals surface area contributed by atoms with Gasteiger partial charge in [-0.05, 0) is 58.2 Å². The maximum atomic E-state index is 12.1. The molecule has 0 saturated heterocycles. The number of hydrogen-bond acceptors (Lipinski definition) is 4. The van der Waals surface area contributed by atoms with Gasteiger partial charge in [0, 0.05) is 12.2 Å². The fourth-order valence-electron chi connectivity index (χ4n) is 2.66. The summed E-state index contributed by atoms with van der Waals surface area (Å²) in [6.45, 7) is 9.50. The van der Waals surface area contributed by atoms with Gasteiger partial charge in [0.25, 0.3) is 0 Å². The van der Waals surface area contributed by atoms with Crippen LogP contribution >= 0.6 is 7.37 Å². The van der Waals surface area contributed by atoms with E-state index in [0.29, 0.717) is 18.3 Å². The third kappa shape index (κ3) is 11.4. The third-order valence-corrected chi connectivity index (χ3v) is 5.57. The van der Waals surface area contributed by atoms with Crippen LogP contribution in [0.5, 0.6) is 5.75 Å². The fraction of sp³-hybridized carbons (Fsp3) is 0.667. The minimum Gasteiger partial charge on any atom is -0.484 e. The summed E-state index contributed by atoms with van der Waals surface area (Å²) in [4.78, 5) is 21.8. The summed E-state index contributed by atoms with van der Waals surface area (Å²) < 4.78 is 22.9. The van der Waals surface area contributed by atoms with Gasteiger partial charge in [-0.15, -0.1) is 0 Å². The van der Waals surface area contributed by atoms with E-state index in [0.717, 1.165) is 31.2 Å². The van der Waals surface area contributed by atoms with Crippen LogP contribution in [0.25, 0.3) is 0 Å². The zero-order valence-electron chi connectivity index (χ0n) is 17.9. The minimum absolute atomic E-state index is 0.0811. The van der Waals surface area contributed by atoms with Crippen molar-refractivity contribution in [1.29, 1.82) is 0 Å². The molecule has 1 unspecified atom stereocenters. The zero-order chi connectivity index (χ0) is 21.2. The lowest BCUT2D eigenvalue weighted by molar-refractivity contribution is 0.0508. The second kappa shape index (κ2) is 11.5. The van der Waals surface area contributed by atoms with Gasteiger partial charge in [0.15, 0.2) is 6.35 Å². The number of nitrogens with one attached hydrogen (secondary N) is 1. The maximum Gasteiger partial charge on any atom is 0.407 e. The first-order valence-electron chi connectivity index (χ1n) is 10.0. The molecule has 160 valence electrons. The lowest BCUT2D eigenvalue weighted by atomic mass is 10.1. The highest BCUT2D eigenvalue weighted by molar-refractivity contribution is 7.57. The van der Waals surface area contributed by atoms with Gasteiger partial charge in [0.2, 0.25) is 7.37 Å². The molecule has 0 fully saturated rings. The number of carbonyl (C=O) groups is 1. The monoisotopic (exact) mass is 413 g/mol. The largest absolute Gasteiger partial charge is 0.484 e. The van der Waals surface area contributed by atoms with E-state index in [4.69, 9.17) is 9.47 Å². The molecule has 0 heterocycles. The highest BCUT2D eigenvalue weighted by Crippen LogP contribution is 2.41. The third-order valence-electron chi connectivity index (χ3n) is 4.02. The molecule has 1 aromatic carbocycles. The molecule has 0 radical (unpaired) electrons. The average molecular weight is 413 g/mol. The van der Waals surface area contributed by atoms with Crippen molar-refractivity contribution in [2.75, 3.05) is 12.5 Å².